The van der Waals surface area contributed by atoms with Crippen LogP contribution in [0.15, 0.2) is 24.3 Å². The minimum absolute atomic E-state index is 0. The Morgan fingerprint density at radius 2 is 1.10 bits per heavy atom. The molecular weight excluding hydrogens is 397 g/mol. The summed E-state index contributed by atoms with van der Waals surface area (Å²) in [6, 6.07) is 6.52. The topological polar surface area (TPSA) is 69.4 Å². The summed E-state index contributed by atoms with van der Waals surface area (Å²) in [6.45, 7) is 2.66. The van der Waals surface area contributed by atoms with Gasteiger partial charge in [-0.3, -0.25) is 4.79 Å². The van der Waals surface area contributed by atoms with Crippen LogP contribution in [0, 0.1) is 0 Å². The number of carbonyl (C=O) groups excluding carboxylic acids is 2. The van der Waals surface area contributed by atoms with E-state index >= 15 is 0 Å². The Kier molecular flexibility index (Phi) is 20.5. The summed E-state index contributed by atoms with van der Waals surface area (Å²) in [5.41, 5.74) is 5.77. The largest absolute Gasteiger partial charge is 1.00 e. The van der Waals surface area contributed by atoms with E-state index in [-0.39, 0.29) is 42.1 Å². The Bertz CT molecular complexity index is 598. The van der Waals surface area contributed by atoms with E-state index < -0.39 is 11.9 Å². The summed E-state index contributed by atoms with van der Waals surface area (Å²) in [5.74, 6) is -1.07. The van der Waals surface area contributed by atoms with Gasteiger partial charge in [-0.1, -0.05) is 115 Å². The van der Waals surface area contributed by atoms with Crippen LogP contribution >= 0.6 is 0 Å². The molecule has 5 heteroatoms. The maximum Gasteiger partial charge on any atom is 1.00 e. The second kappa shape index (κ2) is 21.0. The van der Waals surface area contributed by atoms with Crippen LogP contribution in [-0.2, 0) is 4.74 Å². The molecule has 0 aliphatic heterocycles. The molecule has 0 saturated carbocycles. The molecule has 31 heavy (non-hydrogen) atoms. The van der Waals surface area contributed by atoms with E-state index in [1.807, 2.05) is 0 Å². The Hall–Kier alpha value is -0.840. The Balaban J connectivity index is 0. The fourth-order valence-electron chi connectivity index (χ4n) is 3.77. The molecule has 1 amide bonds. The zero-order chi connectivity index (χ0) is 21.9. The number of esters is 1. The molecule has 172 valence electrons. The van der Waals surface area contributed by atoms with Gasteiger partial charge in [0.05, 0.1) is 17.7 Å². The van der Waals surface area contributed by atoms with E-state index in [2.05, 4.69) is 6.92 Å². The van der Waals surface area contributed by atoms with Gasteiger partial charge in [0.2, 0.25) is 5.91 Å². The number of carbonyl (C=O) groups is 2. The van der Waals surface area contributed by atoms with Gasteiger partial charge in [0.1, 0.15) is 0 Å². The van der Waals surface area contributed by atoms with Crippen LogP contribution in [0.2, 0.25) is 0 Å². The maximum absolute atomic E-state index is 12.1. The van der Waals surface area contributed by atoms with Crippen molar-refractivity contribution >= 4 is 11.9 Å². The molecule has 0 heterocycles. The summed E-state index contributed by atoms with van der Waals surface area (Å²) < 4.78 is 5.29. The number of nitrogens with two attached hydrogens (primary N) is 1. The number of hydrogen-bond donors (Lipinski definition) is 1. The number of amides is 1. The molecule has 0 aromatic heterocycles. The summed E-state index contributed by atoms with van der Waals surface area (Å²) >= 11 is 0. The Morgan fingerprint density at radius 1 is 0.710 bits per heavy atom. The van der Waals surface area contributed by atoms with Crippen molar-refractivity contribution in [3.05, 3.63) is 35.4 Å². The first-order chi connectivity index (χ1) is 14.7. The molecule has 1 aromatic rings. The first kappa shape index (κ1) is 30.2. The van der Waals surface area contributed by atoms with Crippen LogP contribution in [0.3, 0.4) is 0 Å². The van der Waals surface area contributed by atoms with Gasteiger partial charge in [0, 0.05) is 0 Å². The predicted molar refractivity (Wildman–Crippen MR) is 126 cm³/mol. The van der Waals surface area contributed by atoms with Crippen LogP contribution in [-0.4, -0.2) is 18.5 Å². The van der Waals surface area contributed by atoms with E-state index in [1.54, 1.807) is 24.3 Å². The van der Waals surface area contributed by atoms with Crippen LogP contribution in [0.25, 0.3) is 0 Å². The minimum atomic E-state index is -0.607. The molecule has 0 radical (unpaired) electrons. The summed E-state index contributed by atoms with van der Waals surface area (Å²) in [6.07, 6.45) is 21.0. The van der Waals surface area contributed by atoms with E-state index in [9.17, 15) is 9.59 Å². The summed E-state index contributed by atoms with van der Waals surface area (Å²) in [7, 11) is 0. The molecule has 1 aromatic carbocycles. The Labute approximate surface area is 213 Å². The number of unbranched alkanes of at least 4 members (excludes halogenated alkanes) is 15. The van der Waals surface area contributed by atoms with Crippen molar-refractivity contribution in [1.29, 1.82) is 0 Å². The monoisotopic (exact) mass is 441 g/mol. The molecule has 0 atom stereocenters. The molecule has 0 aliphatic rings. The van der Waals surface area contributed by atoms with Gasteiger partial charge in [-0.25, -0.2) is 4.79 Å². The minimum Gasteiger partial charge on any atom is -1.00 e. The molecule has 2 N–H and O–H groups in total. The fraction of sp³-hybridized carbons (Fsp3) is 0.692. The van der Waals surface area contributed by atoms with E-state index in [1.165, 1.54) is 89.9 Å². The third-order valence-corrected chi connectivity index (χ3v) is 5.64. The summed E-state index contributed by atoms with van der Waals surface area (Å²) in [4.78, 5) is 23.5. The third kappa shape index (κ3) is 15.6. The molecule has 0 unspecified atom stereocenters. The molecule has 0 bridgehead atoms. The normalized spacial score (nSPS) is 10.5. The maximum atomic E-state index is 12.1. The predicted octanol–water partition coefficient (Wildman–Crippen LogP) is 4.32. The van der Waals surface area contributed by atoms with E-state index in [4.69, 9.17) is 10.5 Å². The second-order valence-corrected chi connectivity index (χ2v) is 8.35. The smallest absolute Gasteiger partial charge is 1.00 e. The zero-order valence-corrected chi connectivity index (χ0v) is 22.1. The molecule has 0 spiro atoms. The first-order valence-electron chi connectivity index (χ1n) is 12.2. The van der Waals surface area contributed by atoms with Crippen molar-refractivity contribution in [2.45, 2.75) is 110 Å². The molecular formula is C26H44NNaO3. The first-order valence-corrected chi connectivity index (χ1v) is 12.2. The Morgan fingerprint density at radius 3 is 1.52 bits per heavy atom. The average molecular weight is 442 g/mol. The van der Waals surface area contributed by atoms with Crippen molar-refractivity contribution in [2.24, 2.45) is 5.73 Å². The number of benzene rings is 1. The van der Waals surface area contributed by atoms with Crippen molar-refractivity contribution in [2.75, 3.05) is 6.61 Å². The SMILES string of the molecule is CCCCCCCCCCCCCCCCCCOC(=O)c1ccccc1C(N)=O.[H-].[Na+]. The van der Waals surface area contributed by atoms with Gasteiger partial charge in [0.15, 0.2) is 0 Å². The molecule has 1 rings (SSSR count). The van der Waals surface area contributed by atoms with Gasteiger partial charge < -0.3 is 11.9 Å². The average Bonchev–Trinajstić information content (AvgIpc) is 2.75. The van der Waals surface area contributed by atoms with Crippen molar-refractivity contribution in [3.8, 4) is 0 Å². The molecule has 0 fully saturated rings. The number of rotatable bonds is 19. The number of primary amides is 1. The van der Waals surface area contributed by atoms with Gasteiger partial charge in [-0.15, -0.1) is 0 Å². The fourth-order valence-corrected chi connectivity index (χ4v) is 3.77. The molecule has 0 aliphatic carbocycles. The summed E-state index contributed by atoms with van der Waals surface area (Å²) in [5, 5.41) is 0. The van der Waals surface area contributed by atoms with Crippen LogP contribution in [0.5, 0.6) is 0 Å². The van der Waals surface area contributed by atoms with Gasteiger partial charge >= 0.3 is 35.5 Å². The second-order valence-electron chi connectivity index (χ2n) is 8.35. The zero-order valence-electron chi connectivity index (χ0n) is 21.1. The molecule has 4 nitrogen and oxygen atoms in total. The van der Waals surface area contributed by atoms with E-state index in [0.717, 1.165) is 12.8 Å². The van der Waals surface area contributed by atoms with Crippen molar-refractivity contribution in [3.63, 3.8) is 0 Å². The third-order valence-electron chi connectivity index (χ3n) is 5.64. The van der Waals surface area contributed by atoms with Gasteiger partial charge in [-0.05, 0) is 18.6 Å². The standard InChI is InChI=1S/C26H43NO3.Na.H/c1-2-3-4-5-6-7-8-9-10-11-12-13-14-15-16-19-22-30-26(29)24-21-18-17-20-23(24)25(27)28;;/h17-18,20-21H,2-16,19,22H2,1H3,(H2,27,28);;/q;+1;-1. The van der Waals surface area contributed by atoms with Crippen molar-refractivity contribution < 1.29 is 45.3 Å². The van der Waals surface area contributed by atoms with Crippen LogP contribution in [0.1, 0.15) is 132 Å². The van der Waals surface area contributed by atoms with Crippen molar-refractivity contribution in [1.82, 2.24) is 0 Å². The van der Waals surface area contributed by atoms with Gasteiger partial charge in [0.25, 0.3) is 0 Å². The number of ether oxygens (including phenoxy) is 1. The van der Waals surface area contributed by atoms with Crippen LogP contribution < -0.4 is 35.3 Å². The van der Waals surface area contributed by atoms with Crippen LogP contribution in [0.4, 0.5) is 0 Å². The number of hydrogen-bond acceptors (Lipinski definition) is 3. The quantitative estimate of drug-likeness (QED) is 0.197. The molecule has 0 saturated heterocycles. The van der Waals surface area contributed by atoms with Gasteiger partial charge in [-0.2, -0.15) is 0 Å². The van der Waals surface area contributed by atoms with E-state index in [0.29, 0.717) is 6.61 Å².